The van der Waals surface area contributed by atoms with Gasteiger partial charge in [-0.25, -0.2) is 0 Å². The van der Waals surface area contributed by atoms with Gasteiger partial charge in [-0.2, -0.15) is 0 Å². The smallest absolute Gasteiger partial charge is 0.124 e. The summed E-state index contributed by atoms with van der Waals surface area (Å²) in [6.45, 7) is 9.90. The maximum Gasteiger partial charge on any atom is 0.124 e. The van der Waals surface area contributed by atoms with Crippen LogP contribution in [0, 0.1) is 0 Å². The van der Waals surface area contributed by atoms with Crippen LogP contribution in [0.4, 0.5) is 0 Å². The van der Waals surface area contributed by atoms with Gasteiger partial charge in [0.05, 0.1) is 0 Å². The number of para-hydroxylation sites is 1. The molecule has 0 aliphatic rings. The lowest BCUT2D eigenvalue weighted by molar-refractivity contribution is 0.296. The van der Waals surface area contributed by atoms with Gasteiger partial charge in [0.15, 0.2) is 0 Å². The summed E-state index contributed by atoms with van der Waals surface area (Å²) in [5, 5.41) is 4.25. The van der Waals surface area contributed by atoms with Gasteiger partial charge < -0.3 is 15.0 Å². The zero-order valence-electron chi connectivity index (χ0n) is 15.4. The molecule has 0 spiro atoms. The first-order valence-electron chi connectivity index (χ1n) is 8.61. The van der Waals surface area contributed by atoms with Gasteiger partial charge in [-0.1, -0.05) is 61.8 Å². The quantitative estimate of drug-likeness (QED) is 0.536. The molecule has 0 atom stereocenters. The van der Waals surface area contributed by atoms with Gasteiger partial charge in [0.2, 0.25) is 0 Å². The van der Waals surface area contributed by atoms with Gasteiger partial charge in [0.1, 0.15) is 12.4 Å². The zero-order chi connectivity index (χ0) is 17.2. The van der Waals surface area contributed by atoms with Gasteiger partial charge in [-0.3, -0.25) is 0 Å². The second kappa shape index (κ2) is 14.1. The van der Waals surface area contributed by atoms with Crippen molar-refractivity contribution in [3.63, 3.8) is 0 Å². The van der Waals surface area contributed by atoms with E-state index >= 15 is 0 Å². The standard InChI is InChI=1S/C20H27ClN2O.2ClH/c1-3-23(4-2)14-13-22-15-17-9-6-8-12-20(17)24-16-18-10-5-7-11-19(18)21;;/h5-12,22H,3-4,13-16H2,1-2H3;2*1H. The molecule has 146 valence electrons. The summed E-state index contributed by atoms with van der Waals surface area (Å²) < 4.78 is 5.99. The molecule has 2 aromatic carbocycles. The van der Waals surface area contributed by atoms with Crippen molar-refractivity contribution in [2.24, 2.45) is 0 Å². The Morgan fingerprint density at radius 2 is 1.54 bits per heavy atom. The molecular formula is C20H29Cl3N2O. The minimum atomic E-state index is 0. The van der Waals surface area contributed by atoms with E-state index in [9.17, 15) is 0 Å². The summed E-state index contributed by atoms with van der Waals surface area (Å²) in [5.41, 5.74) is 2.17. The maximum atomic E-state index is 6.19. The van der Waals surface area contributed by atoms with Crippen LogP contribution in [-0.4, -0.2) is 31.1 Å². The monoisotopic (exact) mass is 418 g/mol. The molecule has 0 unspecified atom stereocenters. The fourth-order valence-corrected chi connectivity index (χ4v) is 2.75. The van der Waals surface area contributed by atoms with Gasteiger partial charge in [-0.15, -0.1) is 24.8 Å². The van der Waals surface area contributed by atoms with Crippen LogP contribution in [0.25, 0.3) is 0 Å². The summed E-state index contributed by atoms with van der Waals surface area (Å²) >= 11 is 6.19. The largest absolute Gasteiger partial charge is 0.489 e. The molecule has 0 heterocycles. The highest BCUT2D eigenvalue weighted by atomic mass is 35.5. The summed E-state index contributed by atoms with van der Waals surface area (Å²) in [7, 11) is 0. The molecule has 0 bridgehead atoms. The molecule has 0 aromatic heterocycles. The van der Waals surface area contributed by atoms with Crippen LogP contribution in [0.5, 0.6) is 5.75 Å². The van der Waals surface area contributed by atoms with Crippen molar-refractivity contribution in [3.8, 4) is 5.75 Å². The summed E-state index contributed by atoms with van der Waals surface area (Å²) in [6.07, 6.45) is 0. The lowest BCUT2D eigenvalue weighted by Gasteiger charge is -2.18. The van der Waals surface area contributed by atoms with Crippen LogP contribution >= 0.6 is 36.4 Å². The minimum Gasteiger partial charge on any atom is -0.489 e. The maximum absolute atomic E-state index is 6.19. The van der Waals surface area contributed by atoms with Crippen molar-refractivity contribution >= 4 is 36.4 Å². The van der Waals surface area contributed by atoms with Crippen molar-refractivity contribution in [2.75, 3.05) is 26.2 Å². The average Bonchev–Trinajstić information content (AvgIpc) is 2.62. The SMILES string of the molecule is CCN(CC)CCNCc1ccccc1OCc1ccccc1Cl.Cl.Cl. The van der Waals surface area contributed by atoms with E-state index in [1.165, 1.54) is 5.56 Å². The predicted molar refractivity (Wildman–Crippen MR) is 116 cm³/mol. The number of rotatable bonds is 10. The van der Waals surface area contributed by atoms with E-state index in [-0.39, 0.29) is 24.8 Å². The van der Waals surface area contributed by atoms with Crippen LogP contribution in [0.2, 0.25) is 5.02 Å². The number of nitrogens with one attached hydrogen (secondary N) is 1. The number of hydrogen-bond donors (Lipinski definition) is 1. The van der Waals surface area contributed by atoms with E-state index in [0.717, 1.165) is 49.1 Å². The average molecular weight is 420 g/mol. The van der Waals surface area contributed by atoms with E-state index in [1.807, 2.05) is 42.5 Å². The molecule has 0 saturated carbocycles. The van der Waals surface area contributed by atoms with E-state index in [2.05, 4.69) is 30.1 Å². The zero-order valence-corrected chi connectivity index (χ0v) is 17.8. The first-order valence-corrected chi connectivity index (χ1v) is 8.99. The lowest BCUT2D eigenvalue weighted by atomic mass is 10.2. The van der Waals surface area contributed by atoms with Gasteiger partial charge in [0.25, 0.3) is 0 Å². The molecule has 0 saturated heterocycles. The first kappa shape index (κ1) is 25.0. The molecule has 2 rings (SSSR count). The minimum absolute atomic E-state index is 0. The van der Waals surface area contributed by atoms with Crippen LogP contribution in [0.3, 0.4) is 0 Å². The predicted octanol–water partition coefficient (Wildman–Crippen LogP) is 5.19. The third kappa shape index (κ3) is 8.15. The van der Waals surface area contributed by atoms with Crippen LogP contribution < -0.4 is 10.1 Å². The van der Waals surface area contributed by atoms with Crippen molar-refractivity contribution < 1.29 is 4.74 Å². The molecule has 6 heteroatoms. The molecule has 0 aliphatic heterocycles. The van der Waals surface area contributed by atoms with Crippen molar-refractivity contribution in [1.82, 2.24) is 10.2 Å². The third-order valence-corrected chi connectivity index (χ3v) is 4.50. The first-order chi connectivity index (χ1) is 11.7. The van der Waals surface area contributed by atoms with E-state index in [1.54, 1.807) is 0 Å². The van der Waals surface area contributed by atoms with E-state index in [4.69, 9.17) is 16.3 Å². The number of nitrogens with zero attached hydrogens (tertiary/aromatic N) is 1. The Hall–Kier alpha value is -0.970. The number of ether oxygens (including phenoxy) is 1. The third-order valence-electron chi connectivity index (χ3n) is 4.13. The van der Waals surface area contributed by atoms with Crippen molar-refractivity contribution in [2.45, 2.75) is 27.0 Å². The van der Waals surface area contributed by atoms with E-state index < -0.39 is 0 Å². The Morgan fingerprint density at radius 3 is 2.19 bits per heavy atom. The number of hydrogen-bond acceptors (Lipinski definition) is 3. The Bertz CT molecular complexity index is 622. The number of likely N-dealkylation sites (N-methyl/N-ethyl adjacent to an activating group) is 1. The Kier molecular flexibility index (Phi) is 13.6. The Labute approximate surface area is 174 Å². The van der Waals surface area contributed by atoms with Crippen LogP contribution in [0.15, 0.2) is 48.5 Å². The van der Waals surface area contributed by atoms with Gasteiger partial charge >= 0.3 is 0 Å². The highest BCUT2D eigenvalue weighted by Gasteiger charge is 2.05. The Morgan fingerprint density at radius 1 is 0.923 bits per heavy atom. The van der Waals surface area contributed by atoms with Gasteiger partial charge in [-0.05, 0) is 25.2 Å². The molecule has 26 heavy (non-hydrogen) atoms. The molecule has 0 radical (unpaired) electrons. The summed E-state index contributed by atoms with van der Waals surface area (Å²) in [6, 6.07) is 16.0. The molecule has 0 aliphatic carbocycles. The summed E-state index contributed by atoms with van der Waals surface area (Å²) in [4.78, 5) is 2.41. The van der Waals surface area contributed by atoms with Gasteiger partial charge in [0, 0.05) is 35.8 Å². The lowest BCUT2D eigenvalue weighted by Crippen LogP contribution is -2.31. The fraction of sp³-hybridized carbons (Fsp3) is 0.400. The van der Waals surface area contributed by atoms with E-state index in [0.29, 0.717) is 6.61 Å². The summed E-state index contributed by atoms with van der Waals surface area (Å²) in [5.74, 6) is 0.910. The Balaban J connectivity index is 0.00000312. The molecular weight excluding hydrogens is 391 g/mol. The normalized spacial score (nSPS) is 10.2. The number of halogens is 3. The van der Waals surface area contributed by atoms with Crippen molar-refractivity contribution in [1.29, 1.82) is 0 Å². The van der Waals surface area contributed by atoms with Crippen LogP contribution in [-0.2, 0) is 13.2 Å². The highest BCUT2D eigenvalue weighted by Crippen LogP contribution is 2.21. The molecule has 2 aromatic rings. The highest BCUT2D eigenvalue weighted by molar-refractivity contribution is 6.31. The topological polar surface area (TPSA) is 24.5 Å². The van der Waals surface area contributed by atoms with Crippen molar-refractivity contribution in [3.05, 3.63) is 64.7 Å². The second-order valence-corrected chi connectivity index (χ2v) is 6.10. The second-order valence-electron chi connectivity index (χ2n) is 5.69. The molecule has 0 amide bonds. The number of benzene rings is 2. The molecule has 3 nitrogen and oxygen atoms in total. The van der Waals surface area contributed by atoms with Crippen LogP contribution in [0.1, 0.15) is 25.0 Å². The molecule has 0 fully saturated rings. The molecule has 1 N–H and O–H groups in total. The fourth-order valence-electron chi connectivity index (χ4n) is 2.56.